The Morgan fingerprint density at radius 3 is 2.35 bits per heavy atom. The fourth-order valence-corrected chi connectivity index (χ4v) is 2.84. The zero-order valence-corrected chi connectivity index (χ0v) is 12.6. The maximum atomic E-state index is 13.3. The molecule has 0 amide bonds. The third-order valence-corrected chi connectivity index (χ3v) is 3.78. The molecule has 1 heterocycles. The fourth-order valence-electron chi connectivity index (χ4n) is 2.84. The van der Waals surface area contributed by atoms with Crippen molar-refractivity contribution in [2.75, 3.05) is 37.6 Å². The Morgan fingerprint density at radius 2 is 1.80 bits per heavy atom. The summed E-state index contributed by atoms with van der Waals surface area (Å²) in [5, 5.41) is 9.83. The number of aliphatic hydroxyl groups is 1. The smallest absolute Gasteiger partial charge is 0.123 e. The van der Waals surface area contributed by atoms with Crippen molar-refractivity contribution in [2.24, 2.45) is 5.92 Å². The minimum absolute atomic E-state index is 0.289. The molecule has 1 aliphatic rings. The van der Waals surface area contributed by atoms with Crippen molar-refractivity contribution in [3.8, 4) is 0 Å². The van der Waals surface area contributed by atoms with E-state index in [1.165, 1.54) is 12.1 Å². The molecule has 1 N–H and O–H groups in total. The predicted octanol–water partition coefficient (Wildman–Crippen LogP) is 2.66. The molecule has 2 rings (SSSR count). The molecule has 0 aliphatic carbocycles. The van der Waals surface area contributed by atoms with E-state index in [2.05, 4.69) is 23.6 Å². The van der Waals surface area contributed by atoms with E-state index in [1.807, 2.05) is 0 Å². The molecule has 0 saturated carbocycles. The average molecular weight is 280 g/mol. The second-order valence-corrected chi connectivity index (χ2v) is 6.06. The Bertz CT molecular complexity index is 440. The van der Waals surface area contributed by atoms with Crippen LogP contribution < -0.4 is 4.90 Å². The van der Waals surface area contributed by atoms with Crippen molar-refractivity contribution >= 4 is 5.69 Å². The van der Waals surface area contributed by atoms with E-state index in [4.69, 9.17) is 0 Å². The molecular formula is C16H25FN2O. The number of benzene rings is 1. The normalized spacial score (nSPS) is 18.6. The minimum Gasteiger partial charge on any atom is -0.389 e. The van der Waals surface area contributed by atoms with Gasteiger partial charge in [0, 0.05) is 44.0 Å². The Balaban J connectivity index is 2.07. The largest absolute Gasteiger partial charge is 0.389 e. The van der Waals surface area contributed by atoms with Crippen LogP contribution in [0.4, 0.5) is 10.1 Å². The maximum Gasteiger partial charge on any atom is 0.123 e. The van der Waals surface area contributed by atoms with E-state index in [0.29, 0.717) is 11.5 Å². The number of hydrogen-bond donors (Lipinski definition) is 1. The average Bonchev–Trinajstić information content (AvgIpc) is 2.39. The Morgan fingerprint density at radius 1 is 1.15 bits per heavy atom. The standard InChI is InChI=1S/C16H25FN2O/c1-12(2)11-18-6-8-19(9-7-18)16-5-4-14(17)10-15(16)13(3)20/h4-5,10,12-13,20H,6-9,11H2,1-3H3/t13-/m1/s1. The summed E-state index contributed by atoms with van der Waals surface area (Å²) in [5.74, 6) is 0.392. The lowest BCUT2D eigenvalue weighted by molar-refractivity contribution is 0.198. The van der Waals surface area contributed by atoms with Crippen molar-refractivity contribution in [1.82, 2.24) is 4.90 Å². The molecule has 1 fully saturated rings. The van der Waals surface area contributed by atoms with Crippen LogP contribution in [0.2, 0.25) is 0 Å². The predicted molar refractivity (Wildman–Crippen MR) is 80.5 cm³/mol. The van der Waals surface area contributed by atoms with Gasteiger partial charge in [0.05, 0.1) is 6.10 Å². The van der Waals surface area contributed by atoms with E-state index >= 15 is 0 Å². The summed E-state index contributed by atoms with van der Waals surface area (Å²) in [4.78, 5) is 4.71. The Kier molecular flexibility index (Phi) is 5.00. The van der Waals surface area contributed by atoms with Crippen LogP contribution in [0.3, 0.4) is 0 Å². The molecule has 0 unspecified atom stereocenters. The van der Waals surface area contributed by atoms with Crippen LogP contribution in [0, 0.1) is 11.7 Å². The fraction of sp³-hybridized carbons (Fsp3) is 0.625. The highest BCUT2D eigenvalue weighted by molar-refractivity contribution is 5.55. The molecule has 1 aromatic carbocycles. The summed E-state index contributed by atoms with van der Waals surface area (Å²) in [5.41, 5.74) is 1.65. The topological polar surface area (TPSA) is 26.7 Å². The van der Waals surface area contributed by atoms with Gasteiger partial charge in [-0.15, -0.1) is 0 Å². The van der Waals surface area contributed by atoms with Crippen LogP contribution >= 0.6 is 0 Å². The summed E-state index contributed by atoms with van der Waals surface area (Å²) < 4.78 is 13.3. The van der Waals surface area contributed by atoms with E-state index in [1.54, 1.807) is 13.0 Å². The van der Waals surface area contributed by atoms with Gasteiger partial charge >= 0.3 is 0 Å². The van der Waals surface area contributed by atoms with Crippen molar-refractivity contribution in [3.05, 3.63) is 29.6 Å². The molecule has 0 bridgehead atoms. The van der Waals surface area contributed by atoms with E-state index in [0.717, 1.165) is 38.4 Å². The Hall–Kier alpha value is -1.13. The molecule has 1 aliphatic heterocycles. The third kappa shape index (κ3) is 3.70. The van der Waals surface area contributed by atoms with Gasteiger partial charge < -0.3 is 10.0 Å². The molecule has 4 heteroatoms. The molecule has 0 aromatic heterocycles. The van der Waals surface area contributed by atoms with Crippen molar-refractivity contribution < 1.29 is 9.50 Å². The van der Waals surface area contributed by atoms with Crippen molar-refractivity contribution in [3.63, 3.8) is 0 Å². The van der Waals surface area contributed by atoms with Crippen LogP contribution in [0.15, 0.2) is 18.2 Å². The molecular weight excluding hydrogens is 255 g/mol. The van der Waals surface area contributed by atoms with Gasteiger partial charge in [-0.2, -0.15) is 0 Å². The summed E-state index contributed by atoms with van der Waals surface area (Å²) in [6.07, 6.45) is -0.644. The highest BCUT2D eigenvalue weighted by Gasteiger charge is 2.21. The molecule has 0 radical (unpaired) electrons. The number of rotatable bonds is 4. The molecule has 1 aromatic rings. The lowest BCUT2D eigenvalue weighted by Crippen LogP contribution is -2.47. The van der Waals surface area contributed by atoms with E-state index in [9.17, 15) is 9.50 Å². The maximum absolute atomic E-state index is 13.3. The highest BCUT2D eigenvalue weighted by Crippen LogP contribution is 2.28. The first-order valence-corrected chi connectivity index (χ1v) is 7.42. The monoisotopic (exact) mass is 280 g/mol. The number of nitrogens with zero attached hydrogens (tertiary/aromatic N) is 2. The first-order valence-electron chi connectivity index (χ1n) is 7.42. The molecule has 0 spiro atoms. The van der Waals surface area contributed by atoms with Gasteiger partial charge in [-0.3, -0.25) is 4.90 Å². The zero-order chi connectivity index (χ0) is 14.7. The summed E-state index contributed by atoms with van der Waals surface area (Å²) >= 11 is 0. The minimum atomic E-state index is -0.644. The van der Waals surface area contributed by atoms with Gasteiger partial charge in [0.15, 0.2) is 0 Å². The Labute approximate surface area is 121 Å². The zero-order valence-electron chi connectivity index (χ0n) is 12.6. The second kappa shape index (κ2) is 6.55. The third-order valence-electron chi connectivity index (χ3n) is 3.78. The lowest BCUT2D eigenvalue weighted by atomic mass is 10.1. The SMILES string of the molecule is CC(C)CN1CCN(c2ccc(F)cc2[C@@H](C)O)CC1. The first-order chi connectivity index (χ1) is 9.47. The van der Waals surface area contributed by atoms with Gasteiger partial charge in [0.1, 0.15) is 5.82 Å². The second-order valence-electron chi connectivity index (χ2n) is 6.06. The summed E-state index contributed by atoms with van der Waals surface area (Å²) in [6.45, 7) is 11.2. The number of hydrogen-bond acceptors (Lipinski definition) is 3. The number of halogens is 1. The highest BCUT2D eigenvalue weighted by atomic mass is 19.1. The molecule has 1 saturated heterocycles. The number of anilines is 1. The van der Waals surface area contributed by atoms with Crippen molar-refractivity contribution in [2.45, 2.75) is 26.9 Å². The molecule has 20 heavy (non-hydrogen) atoms. The quantitative estimate of drug-likeness (QED) is 0.918. The van der Waals surface area contributed by atoms with E-state index < -0.39 is 6.10 Å². The first kappa shape index (κ1) is 15.3. The lowest BCUT2D eigenvalue weighted by Gasteiger charge is -2.38. The van der Waals surface area contributed by atoms with Crippen LogP contribution in [0.1, 0.15) is 32.4 Å². The number of piperazine rings is 1. The molecule has 112 valence electrons. The van der Waals surface area contributed by atoms with Gasteiger partial charge in [0.25, 0.3) is 0 Å². The van der Waals surface area contributed by atoms with Gasteiger partial charge in [-0.1, -0.05) is 13.8 Å². The van der Waals surface area contributed by atoms with Gasteiger partial charge in [-0.25, -0.2) is 4.39 Å². The van der Waals surface area contributed by atoms with Crippen LogP contribution in [-0.2, 0) is 0 Å². The van der Waals surface area contributed by atoms with Gasteiger partial charge in [0.2, 0.25) is 0 Å². The van der Waals surface area contributed by atoms with Gasteiger partial charge in [-0.05, 0) is 31.0 Å². The number of aliphatic hydroxyl groups excluding tert-OH is 1. The van der Waals surface area contributed by atoms with Crippen LogP contribution in [0.5, 0.6) is 0 Å². The van der Waals surface area contributed by atoms with Crippen LogP contribution in [0.25, 0.3) is 0 Å². The molecule has 1 atom stereocenters. The van der Waals surface area contributed by atoms with E-state index in [-0.39, 0.29) is 5.82 Å². The molecule has 3 nitrogen and oxygen atoms in total. The summed E-state index contributed by atoms with van der Waals surface area (Å²) in [6, 6.07) is 4.71. The van der Waals surface area contributed by atoms with Crippen molar-refractivity contribution in [1.29, 1.82) is 0 Å². The summed E-state index contributed by atoms with van der Waals surface area (Å²) in [7, 11) is 0. The van der Waals surface area contributed by atoms with Crippen LogP contribution in [-0.4, -0.2) is 42.7 Å².